The first kappa shape index (κ1) is 23.9. The molecule has 168 valence electrons. The number of halogens is 5. The van der Waals surface area contributed by atoms with Crippen LogP contribution in [0.4, 0.5) is 26.7 Å². The molecule has 0 aromatic heterocycles. The Balaban J connectivity index is 0.000000735. The maximum Gasteiger partial charge on any atom is 0.379 e. The van der Waals surface area contributed by atoms with E-state index in [1.54, 1.807) is 6.92 Å². The zero-order valence-corrected chi connectivity index (χ0v) is 16.6. The smallest absolute Gasteiger partial charge is 0.353 e. The number of carbonyl (C=O) groups is 2. The van der Waals surface area contributed by atoms with Gasteiger partial charge in [-0.2, -0.15) is 13.2 Å². The number of urea groups is 1. The molecule has 2 atom stereocenters. The van der Waals surface area contributed by atoms with Crippen LogP contribution in [0.25, 0.3) is 0 Å². The van der Waals surface area contributed by atoms with Gasteiger partial charge in [0.15, 0.2) is 11.6 Å². The average Bonchev–Trinajstić information content (AvgIpc) is 2.70. The zero-order chi connectivity index (χ0) is 22.3. The van der Waals surface area contributed by atoms with E-state index in [0.29, 0.717) is 18.7 Å². The molecule has 1 heterocycles. The van der Waals surface area contributed by atoms with Crippen molar-refractivity contribution in [1.82, 2.24) is 15.5 Å². The van der Waals surface area contributed by atoms with E-state index in [0.717, 1.165) is 38.2 Å². The molecule has 10 heteroatoms. The fraction of sp³-hybridized carbons (Fsp3) is 0.600. The fourth-order valence-electron chi connectivity index (χ4n) is 3.92. The van der Waals surface area contributed by atoms with Crippen LogP contribution in [-0.2, 0) is 4.79 Å². The van der Waals surface area contributed by atoms with E-state index in [4.69, 9.17) is 0 Å². The van der Waals surface area contributed by atoms with Gasteiger partial charge in [-0.15, -0.1) is 0 Å². The fourth-order valence-corrected chi connectivity index (χ4v) is 3.92. The molecule has 1 aromatic rings. The number of rotatable bonds is 3. The first-order valence-electron chi connectivity index (χ1n) is 9.92. The number of hydrogen-bond donors (Lipinski definition) is 2. The predicted octanol–water partition coefficient (Wildman–Crippen LogP) is 4.29. The molecule has 30 heavy (non-hydrogen) atoms. The van der Waals surface area contributed by atoms with E-state index in [1.807, 2.05) is 0 Å². The van der Waals surface area contributed by atoms with Gasteiger partial charge >= 0.3 is 12.7 Å². The molecule has 2 fully saturated rings. The van der Waals surface area contributed by atoms with Gasteiger partial charge in [0.05, 0.1) is 6.04 Å². The van der Waals surface area contributed by atoms with Gasteiger partial charge < -0.3 is 15.5 Å². The molecule has 0 radical (unpaired) electrons. The van der Waals surface area contributed by atoms with Crippen molar-refractivity contribution in [2.24, 2.45) is 5.92 Å². The van der Waals surface area contributed by atoms with Crippen LogP contribution >= 0.6 is 0 Å². The van der Waals surface area contributed by atoms with Gasteiger partial charge in [0.25, 0.3) is 0 Å². The summed E-state index contributed by atoms with van der Waals surface area (Å²) in [6.45, 7) is -1.15. The van der Waals surface area contributed by atoms with E-state index in [1.165, 1.54) is 17.0 Å². The monoisotopic (exact) mass is 435 g/mol. The Morgan fingerprint density at radius 1 is 1.13 bits per heavy atom. The van der Waals surface area contributed by atoms with Gasteiger partial charge in [-0.1, -0.05) is 25.3 Å². The molecule has 2 aliphatic rings. The van der Waals surface area contributed by atoms with Gasteiger partial charge in [0.1, 0.15) is 6.04 Å². The highest BCUT2D eigenvalue weighted by atomic mass is 19.4. The van der Waals surface area contributed by atoms with Gasteiger partial charge in [-0.3, -0.25) is 4.79 Å². The number of carbonyl (C=O) groups excluding carboxylic acids is 2. The van der Waals surface area contributed by atoms with E-state index in [2.05, 4.69) is 10.6 Å². The van der Waals surface area contributed by atoms with Crippen molar-refractivity contribution in [3.05, 3.63) is 35.4 Å². The van der Waals surface area contributed by atoms with Crippen LogP contribution in [0, 0.1) is 17.6 Å². The second kappa shape index (κ2) is 11.1. The first-order valence-corrected chi connectivity index (χ1v) is 9.92. The molecular weight excluding hydrogens is 409 g/mol. The van der Waals surface area contributed by atoms with E-state index < -0.39 is 30.4 Å². The summed E-state index contributed by atoms with van der Waals surface area (Å²) >= 11 is 0. The molecule has 0 spiro atoms. The summed E-state index contributed by atoms with van der Waals surface area (Å²) in [6.07, 6.45) is 5.13. The maximum absolute atomic E-state index is 13.8. The summed E-state index contributed by atoms with van der Waals surface area (Å²) in [5.41, 5.74) is 0.568. The minimum Gasteiger partial charge on any atom is -0.353 e. The van der Waals surface area contributed by atoms with E-state index in [9.17, 15) is 31.5 Å². The number of benzene rings is 1. The molecule has 0 bridgehead atoms. The Labute approximate surface area is 172 Å². The Hall–Kier alpha value is -2.39. The summed E-state index contributed by atoms with van der Waals surface area (Å²) in [5, 5.41) is 5.72. The topological polar surface area (TPSA) is 61.4 Å². The SMILES string of the molecule is CC1C(=O)NCCN1C(=O)NC(c1ccc(F)c(F)c1)C1CCCCC1.FC(F)F. The number of nitrogens with one attached hydrogen (secondary N) is 2. The van der Waals surface area contributed by atoms with Crippen LogP contribution < -0.4 is 10.6 Å². The Kier molecular flexibility index (Phi) is 8.86. The lowest BCUT2D eigenvalue weighted by molar-refractivity contribution is -0.126. The lowest BCUT2D eigenvalue weighted by Gasteiger charge is -2.37. The Morgan fingerprint density at radius 2 is 1.77 bits per heavy atom. The van der Waals surface area contributed by atoms with Crippen molar-refractivity contribution in [3.63, 3.8) is 0 Å². The Morgan fingerprint density at radius 3 is 2.37 bits per heavy atom. The number of hydrogen-bond acceptors (Lipinski definition) is 2. The van der Waals surface area contributed by atoms with Crippen LogP contribution in [-0.4, -0.2) is 42.6 Å². The van der Waals surface area contributed by atoms with Crippen LogP contribution in [0.5, 0.6) is 0 Å². The highest BCUT2D eigenvalue weighted by Crippen LogP contribution is 2.35. The minimum atomic E-state index is -3.67. The second-order valence-corrected chi connectivity index (χ2v) is 7.41. The number of amides is 3. The average molecular weight is 435 g/mol. The highest BCUT2D eigenvalue weighted by molar-refractivity contribution is 5.88. The van der Waals surface area contributed by atoms with Crippen molar-refractivity contribution in [1.29, 1.82) is 0 Å². The molecule has 1 saturated carbocycles. The van der Waals surface area contributed by atoms with Gasteiger partial charge in [0.2, 0.25) is 5.91 Å². The van der Waals surface area contributed by atoms with Crippen LogP contribution in [0.2, 0.25) is 0 Å². The standard InChI is InChI=1S/C19H25F2N3O2.CHF3/c1-12-18(25)22-9-10-24(12)19(26)23-17(13-5-3-2-4-6-13)14-7-8-15(20)16(21)11-14;2-1(3)4/h7-8,11-13,17H,2-6,9-10H2,1H3,(H,22,25)(H,23,26);1H. The molecule has 1 saturated heterocycles. The number of piperazine rings is 1. The third-order valence-corrected chi connectivity index (χ3v) is 5.46. The molecule has 2 unspecified atom stereocenters. The summed E-state index contributed by atoms with van der Waals surface area (Å²) in [5.74, 6) is -1.83. The van der Waals surface area contributed by atoms with Gasteiger partial charge in [-0.05, 0) is 43.4 Å². The molecule has 5 nitrogen and oxygen atoms in total. The van der Waals surface area contributed by atoms with Gasteiger partial charge in [-0.25, -0.2) is 13.6 Å². The van der Waals surface area contributed by atoms with Gasteiger partial charge in [0, 0.05) is 13.1 Å². The lowest BCUT2D eigenvalue weighted by Crippen LogP contribution is -2.58. The molecule has 1 aliphatic carbocycles. The molecule has 1 aromatic carbocycles. The Bertz CT molecular complexity index is 726. The lowest BCUT2D eigenvalue weighted by atomic mass is 9.81. The summed E-state index contributed by atoms with van der Waals surface area (Å²) in [6, 6.07) is 2.51. The molecule has 3 rings (SSSR count). The second-order valence-electron chi connectivity index (χ2n) is 7.41. The van der Waals surface area contributed by atoms with E-state index >= 15 is 0 Å². The normalized spacial score (nSPS) is 20.8. The molecule has 3 amide bonds. The first-order chi connectivity index (χ1) is 14.2. The van der Waals surface area contributed by atoms with Crippen molar-refractivity contribution < 1.29 is 31.5 Å². The molecule has 2 N–H and O–H groups in total. The summed E-state index contributed by atoms with van der Waals surface area (Å²) in [7, 11) is 0. The maximum atomic E-state index is 13.8. The zero-order valence-electron chi connectivity index (χ0n) is 16.6. The summed E-state index contributed by atoms with van der Waals surface area (Å²) < 4.78 is 56.1. The summed E-state index contributed by atoms with van der Waals surface area (Å²) in [4.78, 5) is 26.1. The van der Waals surface area contributed by atoms with Crippen LogP contribution in [0.3, 0.4) is 0 Å². The predicted molar refractivity (Wildman–Crippen MR) is 100 cm³/mol. The van der Waals surface area contributed by atoms with E-state index in [-0.39, 0.29) is 17.9 Å². The third-order valence-electron chi connectivity index (χ3n) is 5.46. The molecular formula is C20H26F5N3O2. The third kappa shape index (κ3) is 6.56. The van der Waals surface area contributed by atoms with Crippen molar-refractivity contribution >= 4 is 11.9 Å². The number of nitrogens with zero attached hydrogens (tertiary/aromatic N) is 1. The van der Waals surface area contributed by atoms with Crippen LogP contribution in [0.15, 0.2) is 18.2 Å². The van der Waals surface area contributed by atoms with Crippen molar-refractivity contribution in [2.75, 3.05) is 13.1 Å². The number of alkyl halides is 3. The molecule has 1 aliphatic heterocycles. The van der Waals surface area contributed by atoms with Crippen molar-refractivity contribution in [2.45, 2.75) is 57.8 Å². The van der Waals surface area contributed by atoms with Crippen molar-refractivity contribution in [3.8, 4) is 0 Å². The quantitative estimate of drug-likeness (QED) is 0.696. The largest absolute Gasteiger partial charge is 0.379 e. The highest BCUT2D eigenvalue weighted by Gasteiger charge is 2.33. The van der Waals surface area contributed by atoms with Crippen LogP contribution in [0.1, 0.15) is 50.6 Å². The minimum absolute atomic E-state index is 0.173.